The number of carbonyl (C=O) groups excluding carboxylic acids is 2. The van der Waals surface area contributed by atoms with Crippen LogP contribution in [0.25, 0.3) is 6.08 Å². The zero-order valence-corrected chi connectivity index (χ0v) is 14.0. The molecule has 0 saturated heterocycles. The fourth-order valence-corrected chi connectivity index (χ4v) is 4.03. The van der Waals surface area contributed by atoms with E-state index in [0.717, 1.165) is 24.4 Å². The van der Waals surface area contributed by atoms with Crippen LogP contribution >= 0.6 is 11.5 Å². The number of nitrogens with one attached hydrogen (secondary N) is 1. The molecule has 0 radical (unpaired) electrons. The normalized spacial score (nSPS) is 18.6. The van der Waals surface area contributed by atoms with Crippen LogP contribution in [0.5, 0.6) is 0 Å². The molecule has 3 rings (SSSR count). The third-order valence-electron chi connectivity index (χ3n) is 4.46. The van der Waals surface area contributed by atoms with Crippen molar-refractivity contribution in [1.29, 1.82) is 0 Å². The fourth-order valence-electron chi connectivity index (χ4n) is 3.23. The molecule has 130 valence electrons. The molecule has 1 aromatic heterocycles. The molecule has 1 fully saturated rings. The molecule has 2 amide bonds. The van der Waals surface area contributed by atoms with E-state index in [9.17, 15) is 18.4 Å². The largest absolute Gasteiger partial charge is 0.334 e. The molecular weight excluding hydrogens is 336 g/mol. The SMILES string of the molecule is O=C(Nc1nsc2c1C=CCN(CC1CCCCC1)C2=O)C(F)F. The Labute approximate surface area is 142 Å². The maximum absolute atomic E-state index is 12.7. The summed E-state index contributed by atoms with van der Waals surface area (Å²) < 4.78 is 28.8. The molecule has 5 nitrogen and oxygen atoms in total. The van der Waals surface area contributed by atoms with E-state index in [0.29, 0.717) is 29.4 Å². The van der Waals surface area contributed by atoms with E-state index in [1.165, 1.54) is 19.3 Å². The maximum Gasteiger partial charge on any atom is 0.315 e. The number of hydrogen-bond acceptors (Lipinski definition) is 4. The van der Waals surface area contributed by atoms with E-state index in [4.69, 9.17) is 0 Å². The van der Waals surface area contributed by atoms with Crippen LogP contribution in [-0.2, 0) is 4.79 Å². The molecule has 2 aliphatic rings. The number of amides is 2. The maximum atomic E-state index is 12.7. The Morgan fingerprint density at radius 2 is 2.12 bits per heavy atom. The second kappa shape index (κ2) is 7.38. The predicted molar refractivity (Wildman–Crippen MR) is 88.3 cm³/mol. The summed E-state index contributed by atoms with van der Waals surface area (Å²) >= 11 is 0.941. The molecule has 8 heteroatoms. The van der Waals surface area contributed by atoms with Gasteiger partial charge in [0.2, 0.25) is 0 Å². The number of nitrogens with zero attached hydrogens (tertiary/aromatic N) is 2. The molecule has 1 N–H and O–H groups in total. The highest BCUT2D eigenvalue weighted by molar-refractivity contribution is 7.08. The standard InChI is InChI=1S/C16H19F2N3O2S/c17-13(18)15(22)19-14-11-7-4-8-21(16(23)12(11)24-20-14)9-10-5-2-1-3-6-10/h4,7,10,13H,1-3,5-6,8-9H2,(H,19,20,22). The summed E-state index contributed by atoms with van der Waals surface area (Å²) in [5, 5.41) is 2.08. The summed E-state index contributed by atoms with van der Waals surface area (Å²) in [5.74, 6) is -1.00. The average Bonchev–Trinajstić information content (AvgIpc) is 2.89. The van der Waals surface area contributed by atoms with Gasteiger partial charge in [-0.2, -0.15) is 13.2 Å². The lowest BCUT2D eigenvalue weighted by atomic mass is 9.89. The van der Waals surface area contributed by atoms with Crippen LogP contribution in [0.2, 0.25) is 0 Å². The Balaban J connectivity index is 1.75. The van der Waals surface area contributed by atoms with Gasteiger partial charge < -0.3 is 10.2 Å². The zero-order valence-electron chi connectivity index (χ0n) is 13.1. The molecule has 0 spiro atoms. The first-order chi connectivity index (χ1) is 11.6. The third kappa shape index (κ3) is 3.63. The summed E-state index contributed by atoms with van der Waals surface area (Å²) in [4.78, 5) is 26.1. The van der Waals surface area contributed by atoms with Gasteiger partial charge in [0.25, 0.3) is 11.8 Å². The number of aromatic nitrogens is 1. The van der Waals surface area contributed by atoms with Gasteiger partial charge in [-0.05, 0) is 30.3 Å². The second-order valence-electron chi connectivity index (χ2n) is 6.18. The van der Waals surface area contributed by atoms with Crippen molar-refractivity contribution in [3.8, 4) is 0 Å². The van der Waals surface area contributed by atoms with Gasteiger partial charge in [0.1, 0.15) is 4.88 Å². The molecule has 24 heavy (non-hydrogen) atoms. The van der Waals surface area contributed by atoms with Crippen LogP contribution in [0.3, 0.4) is 0 Å². The third-order valence-corrected chi connectivity index (χ3v) is 5.31. The first-order valence-corrected chi connectivity index (χ1v) is 8.88. The Morgan fingerprint density at radius 1 is 1.38 bits per heavy atom. The van der Waals surface area contributed by atoms with Crippen LogP contribution in [0.15, 0.2) is 6.08 Å². The molecule has 1 saturated carbocycles. The van der Waals surface area contributed by atoms with Gasteiger partial charge in [-0.15, -0.1) is 0 Å². The van der Waals surface area contributed by atoms with Crippen molar-refractivity contribution in [3.05, 3.63) is 16.5 Å². The van der Waals surface area contributed by atoms with Crippen LogP contribution in [0, 0.1) is 5.92 Å². The molecule has 0 atom stereocenters. The minimum absolute atomic E-state index is 0.0319. The fraction of sp³-hybridized carbons (Fsp3) is 0.562. The lowest BCUT2D eigenvalue weighted by molar-refractivity contribution is -0.126. The quantitative estimate of drug-likeness (QED) is 0.900. The van der Waals surface area contributed by atoms with Crippen molar-refractivity contribution in [2.75, 3.05) is 18.4 Å². The van der Waals surface area contributed by atoms with Crippen LogP contribution < -0.4 is 5.32 Å². The van der Waals surface area contributed by atoms with E-state index < -0.39 is 12.3 Å². The van der Waals surface area contributed by atoms with Gasteiger partial charge in [0, 0.05) is 18.7 Å². The number of fused-ring (bicyclic) bond motifs is 1. The van der Waals surface area contributed by atoms with Crippen molar-refractivity contribution in [1.82, 2.24) is 9.27 Å². The van der Waals surface area contributed by atoms with E-state index in [2.05, 4.69) is 9.69 Å². The lowest BCUT2D eigenvalue weighted by Gasteiger charge is -2.28. The van der Waals surface area contributed by atoms with Crippen LogP contribution in [0.4, 0.5) is 14.6 Å². The van der Waals surface area contributed by atoms with Crippen molar-refractivity contribution in [2.45, 2.75) is 38.5 Å². The number of carbonyl (C=O) groups is 2. The van der Waals surface area contributed by atoms with Crippen molar-refractivity contribution in [2.24, 2.45) is 5.92 Å². The van der Waals surface area contributed by atoms with Crippen molar-refractivity contribution in [3.63, 3.8) is 0 Å². The molecule has 0 unspecified atom stereocenters. The van der Waals surface area contributed by atoms with E-state index in [-0.39, 0.29) is 11.7 Å². The second-order valence-corrected chi connectivity index (χ2v) is 6.95. The number of alkyl halides is 2. The Morgan fingerprint density at radius 3 is 2.83 bits per heavy atom. The first-order valence-electron chi connectivity index (χ1n) is 8.10. The van der Waals surface area contributed by atoms with Gasteiger partial charge in [0.15, 0.2) is 5.82 Å². The van der Waals surface area contributed by atoms with Gasteiger partial charge in [-0.25, -0.2) is 0 Å². The smallest absolute Gasteiger partial charge is 0.315 e. The number of halogens is 2. The van der Waals surface area contributed by atoms with Gasteiger partial charge in [-0.3, -0.25) is 9.59 Å². The number of anilines is 1. The van der Waals surface area contributed by atoms with Gasteiger partial charge in [0.05, 0.1) is 0 Å². The summed E-state index contributed by atoms with van der Waals surface area (Å²) in [7, 11) is 0. The number of hydrogen-bond donors (Lipinski definition) is 1. The summed E-state index contributed by atoms with van der Waals surface area (Å²) in [5.41, 5.74) is 0.421. The van der Waals surface area contributed by atoms with Crippen LogP contribution in [0.1, 0.15) is 47.3 Å². The molecule has 2 heterocycles. The summed E-state index contributed by atoms with van der Waals surface area (Å²) in [6, 6.07) is 0. The Hall–Kier alpha value is -1.83. The molecule has 1 aliphatic carbocycles. The highest BCUT2D eigenvalue weighted by Crippen LogP contribution is 2.30. The van der Waals surface area contributed by atoms with Gasteiger partial charge >= 0.3 is 6.43 Å². The molecule has 0 bridgehead atoms. The average molecular weight is 355 g/mol. The van der Waals surface area contributed by atoms with Crippen molar-refractivity contribution < 1.29 is 18.4 Å². The Bertz CT molecular complexity index is 654. The highest BCUT2D eigenvalue weighted by Gasteiger charge is 2.28. The molecule has 0 aromatic carbocycles. The van der Waals surface area contributed by atoms with Crippen molar-refractivity contribution >= 4 is 35.2 Å². The molecular formula is C16H19F2N3O2S. The monoisotopic (exact) mass is 355 g/mol. The summed E-state index contributed by atoms with van der Waals surface area (Å²) in [6.07, 6.45) is 6.33. The van der Waals surface area contributed by atoms with Gasteiger partial charge in [-0.1, -0.05) is 31.4 Å². The van der Waals surface area contributed by atoms with E-state index in [1.807, 2.05) is 6.08 Å². The topological polar surface area (TPSA) is 62.3 Å². The number of rotatable bonds is 4. The Kier molecular flexibility index (Phi) is 5.23. The van der Waals surface area contributed by atoms with E-state index in [1.54, 1.807) is 11.0 Å². The highest BCUT2D eigenvalue weighted by atomic mass is 32.1. The minimum atomic E-state index is -3.12. The molecule has 1 aromatic rings. The van der Waals surface area contributed by atoms with E-state index >= 15 is 0 Å². The molecule has 1 aliphatic heterocycles. The predicted octanol–water partition coefficient (Wildman–Crippen LogP) is 3.40. The summed E-state index contributed by atoms with van der Waals surface area (Å²) in [6.45, 7) is 1.19. The first kappa shape index (κ1) is 17.0. The zero-order chi connectivity index (χ0) is 17.1. The lowest BCUT2D eigenvalue weighted by Crippen LogP contribution is -2.35. The van der Waals surface area contributed by atoms with Crippen LogP contribution in [-0.4, -0.2) is 40.6 Å². The minimum Gasteiger partial charge on any atom is -0.334 e.